The van der Waals surface area contributed by atoms with E-state index in [9.17, 15) is 19.5 Å². The highest BCUT2D eigenvalue weighted by Gasteiger charge is 2.40. The van der Waals surface area contributed by atoms with Crippen LogP contribution in [-0.2, 0) is 14.3 Å². The van der Waals surface area contributed by atoms with Crippen LogP contribution >= 0.6 is 0 Å². The Morgan fingerprint density at radius 3 is 2.43 bits per heavy atom. The normalized spacial score (nSPS) is 19.0. The lowest BCUT2D eigenvalue weighted by atomic mass is 9.93. The highest BCUT2D eigenvalue weighted by Crippen LogP contribution is 2.17. The predicted molar refractivity (Wildman–Crippen MR) is 74.9 cm³/mol. The number of ether oxygens (including phenoxy) is 1. The van der Waals surface area contributed by atoms with E-state index in [1.807, 2.05) is 0 Å². The maximum absolute atomic E-state index is 12.4. The quantitative estimate of drug-likeness (QED) is 0.651. The van der Waals surface area contributed by atoms with Crippen molar-refractivity contribution in [1.82, 2.24) is 15.5 Å². The van der Waals surface area contributed by atoms with Gasteiger partial charge in [-0.3, -0.25) is 4.79 Å². The molecule has 0 aromatic carbocycles. The molecule has 1 heterocycles. The number of carboxylic acid groups (broad SMARTS) is 1. The number of amides is 3. The molecule has 0 aliphatic carbocycles. The van der Waals surface area contributed by atoms with Crippen LogP contribution in [0.2, 0.25) is 0 Å². The zero-order valence-corrected chi connectivity index (χ0v) is 12.6. The number of aliphatic carboxylic acids is 1. The summed E-state index contributed by atoms with van der Waals surface area (Å²) >= 11 is 0. The second kappa shape index (κ2) is 7.26. The third-order valence-electron chi connectivity index (χ3n) is 3.90. The molecule has 8 nitrogen and oxygen atoms in total. The maximum Gasteiger partial charge on any atom is 0.329 e. The Kier molecular flexibility index (Phi) is 5.95. The van der Waals surface area contributed by atoms with Crippen molar-refractivity contribution >= 4 is 17.9 Å². The van der Waals surface area contributed by atoms with Gasteiger partial charge in [-0.05, 0) is 12.8 Å². The van der Waals surface area contributed by atoms with Crippen molar-refractivity contribution in [2.24, 2.45) is 0 Å². The Bertz CT molecular complexity index is 409. The summed E-state index contributed by atoms with van der Waals surface area (Å²) in [6.07, 6.45) is 0.527. The number of nitrogens with zero attached hydrogens (tertiary/aromatic N) is 1. The number of nitrogens with one attached hydrogen (secondary N) is 2. The highest BCUT2D eigenvalue weighted by molar-refractivity contribution is 5.90. The molecule has 0 spiro atoms. The molecule has 1 rings (SSSR count). The summed E-state index contributed by atoms with van der Waals surface area (Å²) in [6, 6.07) is -1.30. The van der Waals surface area contributed by atoms with Gasteiger partial charge in [-0.15, -0.1) is 0 Å². The summed E-state index contributed by atoms with van der Waals surface area (Å²) in [7, 11) is 1.48. The van der Waals surface area contributed by atoms with Crippen LogP contribution < -0.4 is 10.6 Å². The van der Waals surface area contributed by atoms with E-state index in [-0.39, 0.29) is 31.9 Å². The third kappa shape index (κ3) is 3.63. The van der Waals surface area contributed by atoms with Crippen LogP contribution in [-0.4, -0.2) is 66.3 Å². The van der Waals surface area contributed by atoms with E-state index in [1.54, 1.807) is 13.8 Å². The van der Waals surface area contributed by atoms with Crippen LogP contribution in [0.15, 0.2) is 0 Å². The minimum Gasteiger partial charge on any atom is -0.480 e. The summed E-state index contributed by atoms with van der Waals surface area (Å²) in [5, 5.41) is 14.4. The minimum atomic E-state index is -1.32. The first-order valence-electron chi connectivity index (χ1n) is 7.03. The van der Waals surface area contributed by atoms with Crippen molar-refractivity contribution < 1.29 is 24.2 Å². The average molecular weight is 301 g/mol. The van der Waals surface area contributed by atoms with Crippen LogP contribution in [0.4, 0.5) is 4.79 Å². The number of urea groups is 1. The van der Waals surface area contributed by atoms with Gasteiger partial charge >= 0.3 is 12.0 Å². The topological polar surface area (TPSA) is 108 Å². The van der Waals surface area contributed by atoms with E-state index >= 15 is 0 Å². The molecule has 0 aromatic heterocycles. The molecule has 0 aromatic rings. The molecule has 120 valence electrons. The fourth-order valence-electron chi connectivity index (χ4n) is 2.29. The summed E-state index contributed by atoms with van der Waals surface area (Å²) in [5.41, 5.74) is -1.32. The zero-order chi connectivity index (χ0) is 16.0. The predicted octanol–water partition coefficient (Wildman–Crippen LogP) is -0.214. The molecule has 3 N–H and O–H groups in total. The molecular weight excluding hydrogens is 278 g/mol. The first-order valence-corrected chi connectivity index (χ1v) is 7.03. The number of carbonyl (C=O) groups excluding carboxylic acids is 2. The molecular formula is C13H23N3O5. The fraction of sp³-hybridized carbons (Fsp3) is 0.769. The molecule has 1 aliphatic rings. The van der Waals surface area contributed by atoms with Gasteiger partial charge in [0.15, 0.2) is 0 Å². The molecule has 1 saturated heterocycles. The molecule has 0 saturated carbocycles. The van der Waals surface area contributed by atoms with Crippen LogP contribution in [0.3, 0.4) is 0 Å². The van der Waals surface area contributed by atoms with Crippen molar-refractivity contribution in [3.8, 4) is 0 Å². The first-order chi connectivity index (χ1) is 9.91. The molecule has 1 unspecified atom stereocenters. The van der Waals surface area contributed by atoms with Crippen LogP contribution in [0.5, 0.6) is 0 Å². The smallest absolute Gasteiger partial charge is 0.329 e. The lowest BCUT2D eigenvalue weighted by Gasteiger charge is -2.37. The van der Waals surface area contributed by atoms with E-state index in [0.29, 0.717) is 6.61 Å². The van der Waals surface area contributed by atoms with Gasteiger partial charge in [-0.25, -0.2) is 9.59 Å². The second-order valence-electron chi connectivity index (χ2n) is 4.92. The van der Waals surface area contributed by atoms with Gasteiger partial charge in [0.05, 0.1) is 13.2 Å². The average Bonchev–Trinajstić information content (AvgIpc) is 2.51. The number of likely N-dealkylation sites (N-methyl/N-ethyl adjacent to an activating group) is 1. The number of carboxylic acids is 1. The largest absolute Gasteiger partial charge is 0.480 e. The molecule has 21 heavy (non-hydrogen) atoms. The Labute approximate surface area is 123 Å². The Balaban J connectivity index is 2.89. The summed E-state index contributed by atoms with van der Waals surface area (Å²) < 4.78 is 5.22. The number of morpholine rings is 1. The van der Waals surface area contributed by atoms with Crippen molar-refractivity contribution in [3.63, 3.8) is 0 Å². The summed E-state index contributed by atoms with van der Waals surface area (Å²) in [6.45, 7) is 4.07. The highest BCUT2D eigenvalue weighted by atomic mass is 16.5. The first kappa shape index (κ1) is 17.2. The molecule has 0 radical (unpaired) electrons. The van der Waals surface area contributed by atoms with Crippen LogP contribution in [0.25, 0.3) is 0 Å². The van der Waals surface area contributed by atoms with E-state index in [0.717, 1.165) is 0 Å². The van der Waals surface area contributed by atoms with Crippen molar-refractivity contribution in [3.05, 3.63) is 0 Å². The van der Waals surface area contributed by atoms with Crippen molar-refractivity contribution in [2.75, 3.05) is 26.8 Å². The van der Waals surface area contributed by atoms with Crippen LogP contribution in [0, 0.1) is 0 Å². The van der Waals surface area contributed by atoms with E-state index in [4.69, 9.17) is 4.74 Å². The van der Waals surface area contributed by atoms with Gasteiger partial charge in [0.2, 0.25) is 5.91 Å². The monoisotopic (exact) mass is 301 g/mol. The lowest BCUT2D eigenvalue weighted by Crippen LogP contribution is -2.63. The Morgan fingerprint density at radius 2 is 1.95 bits per heavy atom. The SMILES string of the molecule is CCC(CC)(NC(=O)N1CCOCC1C(=O)NC)C(=O)O. The zero-order valence-electron chi connectivity index (χ0n) is 12.6. The van der Waals surface area contributed by atoms with Gasteiger partial charge in [0.1, 0.15) is 11.6 Å². The van der Waals surface area contributed by atoms with Gasteiger partial charge in [0.25, 0.3) is 0 Å². The maximum atomic E-state index is 12.4. The molecule has 3 amide bonds. The number of carbonyl (C=O) groups is 3. The minimum absolute atomic E-state index is 0.103. The molecule has 1 fully saturated rings. The second-order valence-corrected chi connectivity index (χ2v) is 4.92. The number of hydrogen-bond donors (Lipinski definition) is 3. The standard InChI is InChI=1S/C13H23N3O5/c1-4-13(5-2,11(18)19)15-12(20)16-6-7-21-8-9(16)10(17)14-3/h9H,4-8H2,1-3H3,(H,14,17)(H,15,20)(H,18,19). The van der Waals surface area contributed by atoms with E-state index < -0.39 is 23.6 Å². The van der Waals surface area contributed by atoms with Crippen LogP contribution in [0.1, 0.15) is 26.7 Å². The Hall–Kier alpha value is -1.83. The summed E-state index contributed by atoms with van der Waals surface area (Å²) in [4.78, 5) is 36.9. The van der Waals surface area contributed by atoms with Gasteiger partial charge in [0, 0.05) is 13.6 Å². The molecule has 8 heteroatoms. The molecule has 1 atom stereocenters. The molecule has 0 bridgehead atoms. The Morgan fingerprint density at radius 1 is 1.33 bits per heavy atom. The van der Waals surface area contributed by atoms with Gasteiger partial charge < -0.3 is 25.4 Å². The number of rotatable bonds is 5. The fourth-order valence-corrected chi connectivity index (χ4v) is 2.29. The van der Waals surface area contributed by atoms with E-state index in [2.05, 4.69) is 10.6 Å². The lowest BCUT2D eigenvalue weighted by molar-refractivity contribution is -0.145. The van der Waals surface area contributed by atoms with Gasteiger partial charge in [-0.1, -0.05) is 13.8 Å². The summed E-state index contributed by atoms with van der Waals surface area (Å²) in [5.74, 6) is -1.41. The van der Waals surface area contributed by atoms with Crippen molar-refractivity contribution in [1.29, 1.82) is 0 Å². The van der Waals surface area contributed by atoms with E-state index in [1.165, 1.54) is 11.9 Å². The third-order valence-corrected chi connectivity index (χ3v) is 3.90. The molecule has 1 aliphatic heterocycles. The van der Waals surface area contributed by atoms with Gasteiger partial charge in [-0.2, -0.15) is 0 Å². The van der Waals surface area contributed by atoms with Crippen molar-refractivity contribution in [2.45, 2.75) is 38.3 Å². The number of hydrogen-bond acceptors (Lipinski definition) is 4.